The molecule has 8 aromatic carbocycles. The first-order chi connectivity index (χ1) is 30.6. The molecule has 0 aromatic heterocycles. The lowest BCUT2D eigenvalue weighted by Gasteiger charge is -2.72. The Morgan fingerprint density at radius 2 is 0.290 bits per heavy atom. The Balaban J connectivity index is 1.28. The molecule has 4 aliphatic rings. The second kappa shape index (κ2) is 15.6. The van der Waals surface area contributed by atoms with Crippen molar-refractivity contribution in [1.29, 1.82) is 0 Å². The quantitative estimate of drug-likeness (QED) is 0.108. The van der Waals surface area contributed by atoms with Gasteiger partial charge in [0.05, 0.1) is 44.5 Å². The predicted molar refractivity (Wildman–Crippen MR) is 255 cm³/mol. The molecule has 4 saturated carbocycles. The molecular formula is C62H52+4. The molecule has 4 aliphatic carbocycles. The van der Waals surface area contributed by atoms with E-state index in [0.717, 1.165) is 38.5 Å². The first-order valence-corrected chi connectivity index (χ1v) is 22.5. The Morgan fingerprint density at radius 1 is 0.177 bits per heavy atom. The van der Waals surface area contributed by atoms with Gasteiger partial charge in [0.15, 0.2) is 0 Å². The lowest BCUT2D eigenvalue weighted by molar-refractivity contribution is -0.167. The topological polar surface area (TPSA) is 0 Å². The van der Waals surface area contributed by atoms with E-state index in [1.54, 1.807) is 0 Å². The van der Waals surface area contributed by atoms with Crippen molar-refractivity contribution in [2.24, 2.45) is 21.7 Å². The molecule has 0 unspecified atom stereocenters. The average molecular weight is 797 g/mol. The van der Waals surface area contributed by atoms with Crippen LogP contribution in [0.4, 0.5) is 0 Å². The van der Waals surface area contributed by atoms with E-state index in [9.17, 15) is 0 Å². The van der Waals surface area contributed by atoms with Gasteiger partial charge in [0.2, 0.25) is 0 Å². The van der Waals surface area contributed by atoms with Crippen LogP contribution in [0.25, 0.3) is 0 Å². The van der Waals surface area contributed by atoms with Crippen molar-refractivity contribution in [3.63, 3.8) is 0 Å². The zero-order chi connectivity index (χ0) is 41.5. The van der Waals surface area contributed by atoms with Crippen molar-refractivity contribution in [3.05, 3.63) is 311 Å². The van der Waals surface area contributed by atoms with Crippen molar-refractivity contribution in [2.45, 2.75) is 38.5 Å². The zero-order valence-corrected chi connectivity index (χ0v) is 35.3. The highest BCUT2D eigenvalue weighted by atomic mass is 14.8. The van der Waals surface area contributed by atoms with Crippen molar-refractivity contribution >= 4 is 0 Å². The number of hydrogen-bond acceptors (Lipinski definition) is 0. The SMILES string of the molecule is c1ccc([C+](c2ccccc2)C23CC4([C+](c5ccccc5)c5ccccc5)CC([C+](c5ccccc5)c5ccccc5)(C2)CC([C+](c2ccccc2)c2ccccc2)(C3)C4)cc1. The average Bonchev–Trinajstić information content (AvgIpc) is 3.31. The molecule has 296 valence electrons. The Kier molecular flexibility index (Phi) is 9.61. The fourth-order valence-electron chi connectivity index (χ4n) is 13.7. The molecule has 4 fully saturated rings. The van der Waals surface area contributed by atoms with Crippen LogP contribution in [0.2, 0.25) is 0 Å². The van der Waals surface area contributed by atoms with Gasteiger partial charge in [0.25, 0.3) is 0 Å². The fourth-order valence-corrected chi connectivity index (χ4v) is 13.7. The molecule has 0 spiro atoms. The van der Waals surface area contributed by atoms with E-state index < -0.39 is 0 Å². The van der Waals surface area contributed by atoms with E-state index in [0.29, 0.717) is 0 Å². The predicted octanol–water partition coefficient (Wildman–Crippen LogP) is 15.0. The lowest BCUT2D eigenvalue weighted by atomic mass is 9.27. The first kappa shape index (κ1) is 38.2. The fraction of sp³-hybridized carbons (Fsp3) is 0.161. The van der Waals surface area contributed by atoms with Crippen LogP contribution >= 0.6 is 0 Å². The molecule has 4 bridgehead atoms. The maximum atomic E-state index is 2.39. The summed E-state index contributed by atoms with van der Waals surface area (Å²) in [4.78, 5) is 0. The molecule has 0 heterocycles. The van der Waals surface area contributed by atoms with Gasteiger partial charge < -0.3 is 0 Å². The van der Waals surface area contributed by atoms with Gasteiger partial charge in [-0.05, 0) is 184 Å². The van der Waals surface area contributed by atoms with E-state index in [4.69, 9.17) is 0 Å². The van der Waals surface area contributed by atoms with E-state index in [1.807, 2.05) is 0 Å². The highest BCUT2D eigenvalue weighted by molar-refractivity contribution is 5.62. The third-order valence-corrected chi connectivity index (χ3v) is 14.7. The van der Waals surface area contributed by atoms with E-state index >= 15 is 0 Å². The molecule has 62 heavy (non-hydrogen) atoms. The molecule has 0 heteroatoms. The van der Waals surface area contributed by atoms with Gasteiger partial charge in [0, 0.05) is 142 Å². The zero-order valence-electron chi connectivity index (χ0n) is 35.3. The second-order valence-corrected chi connectivity index (χ2v) is 18.6. The van der Waals surface area contributed by atoms with Gasteiger partial charge in [-0.15, -0.1) is 0 Å². The molecule has 8 aromatic rings. The Labute approximate surface area is 369 Å². The van der Waals surface area contributed by atoms with Crippen LogP contribution in [-0.2, 0) is 0 Å². The lowest BCUT2D eigenvalue weighted by Crippen LogP contribution is -2.67. The minimum atomic E-state index is -0.212. The first-order valence-electron chi connectivity index (χ1n) is 22.5. The van der Waals surface area contributed by atoms with Gasteiger partial charge in [-0.3, -0.25) is 0 Å². The summed E-state index contributed by atoms with van der Waals surface area (Å²) >= 11 is 0. The van der Waals surface area contributed by atoms with Crippen LogP contribution in [-0.4, -0.2) is 0 Å². The molecule has 0 nitrogen and oxygen atoms in total. The van der Waals surface area contributed by atoms with E-state index in [2.05, 4.69) is 243 Å². The molecule has 12 rings (SSSR count). The summed E-state index contributed by atoms with van der Waals surface area (Å²) in [5.41, 5.74) is 9.85. The second-order valence-electron chi connectivity index (χ2n) is 18.6. The number of hydrogen-bond donors (Lipinski definition) is 0. The number of benzene rings is 8. The molecule has 0 radical (unpaired) electrons. The van der Waals surface area contributed by atoms with Crippen molar-refractivity contribution in [3.8, 4) is 0 Å². The normalized spacial score (nSPS) is 23.4. The van der Waals surface area contributed by atoms with Crippen LogP contribution < -0.4 is 0 Å². The maximum Gasteiger partial charge on any atom is 0.0762 e. The van der Waals surface area contributed by atoms with Crippen LogP contribution in [0.1, 0.15) is 83.0 Å². The molecule has 0 atom stereocenters. The standard InChI is InChI=1S/C62H52/c1-9-25-47(26-10-1)55(48-27-11-2-12-28-48)59-41-60(56(49-29-13-3-14-30-49)50-31-15-4-16-32-50)44-61(42-59,57(51-33-17-5-18-34-51)52-35-19-6-20-36-52)46-62(43-59,45-60)58(53-37-21-7-22-38-53)54-39-23-8-24-40-54/h1-40H,41-46H2/q+4. The summed E-state index contributed by atoms with van der Waals surface area (Å²) in [7, 11) is 0. The van der Waals surface area contributed by atoms with Crippen molar-refractivity contribution < 1.29 is 0 Å². The Morgan fingerprint density at radius 3 is 0.403 bits per heavy atom. The van der Waals surface area contributed by atoms with Gasteiger partial charge >= 0.3 is 0 Å². The highest BCUT2D eigenvalue weighted by Gasteiger charge is 2.78. The summed E-state index contributed by atoms with van der Waals surface area (Å²) in [6.07, 6.45) is 6.39. The summed E-state index contributed by atoms with van der Waals surface area (Å²) in [6.45, 7) is 0. The van der Waals surface area contributed by atoms with E-state index in [1.165, 1.54) is 68.2 Å². The van der Waals surface area contributed by atoms with Gasteiger partial charge in [0.1, 0.15) is 0 Å². The Hall–Kier alpha value is -6.76. The third-order valence-electron chi connectivity index (χ3n) is 14.7. The molecule has 0 saturated heterocycles. The van der Waals surface area contributed by atoms with Gasteiger partial charge in [-0.1, -0.05) is 0 Å². The highest BCUT2D eigenvalue weighted by Crippen LogP contribution is 2.83. The van der Waals surface area contributed by atoms with Crippen LogP contribution in [0.5, 0.6) is 0 Å². The largest absolute Gasteiger partial charge is 0.0762 e. The molecule has 0 N–H and O–H groups in total. The monoisotopic (exact) mass is 796 g/mol. The van der Waals surface area contributed by atoms with Crippen molar-refractivity contribution in [2.75, 3.05) is 0 Å². The summed E-state index contributed by atoms with van der Waals surface area (Å²) in [6, 6.07) is 91.8. The van der Waals surface area contributed by atoms with Crippen LogP contribution in [0, 0.1) is 45.3 Å². The van der Waals surface area contributed by atoms with Crippen LogP contribution in [0.3, 0.4) is 0 Å². The number of rotatable bonds is 12. The minimum absolute atomic E-state index is 0.212. The molecule has 0 aliphatic heterocycles. The van der Waals surface area contributed by atoms with Gasteiger partial charge in [-0.25, -0.2) is 0 Å². The summed E-state index contributed by atoms with van der Waals surface area (Å²) in [5.74, 6) is 5.99. The van der Waals surface area contributed by atoms with E-state index in [-0.39, 0.29) is 21.7 Å². The van der Waals surface area contributed by atoms with Crippen molar-refractivity contribution in [1.82, 2.24) is 0 Å². The molecule has 0 amide bonds. The van der Waals surface area contributed by atoms with Crippen LogP contribution in [0.15, 0.2) is 243 Å². The summed E-state index contributed by atoms with van der Waals surface area (Å²) in [5, 5.41) is 0. The smallest absolute Gasteiger partial charge is 0.0465 e. The van der Waals surface area contributed by atoms with Gasteiger partial charge in [-0.2, -0.15) is 0 Å². The third kappa shape index (κ3) is 6.52. The maximum absolute atomic E-state index is 2.39. The Bertz CT molecular complexity index is 2100. The summed E-state index contributed by atoms with van der Waals surface area (Å²) < 4.78 is 0. The molecular weight excluding hydrogens is 745 g/mol. The minimum Gasteiger partial charge on any atom is -0.0465 e.